The number of ether oxygens (including phenoxy) is 1. The Morgan fingerprint density at radius 1 is 1.44 bits per heavy atom. The summed E-state index contributed by atoms with van der Waals surface area (Å²) in [6.07, 6.45) is 0. The molecule has 0 atom stereocenters. The van der Waals surface area contributed by atoms with Gasteiger partial charge in [-0.1, -0.05) is 0 Å². The van der Waals surface area contributed by atoms with Crippen LogP contribution < -0.4 is 10.1 Å². The van der Waals surface area contributed by atoms with Crippen molar-refractivity contribution in [3.8, 4) is 5.75 Å². The molecule has 86 valence electrons. The predicted octanol–water partition coefficient (Wildman–Crippen LogP) is 2.08. The van der Waals surface area contributed by atoms with Crippen LogP contribution in [0.4, 0.5) is 5.69 Å². The summed E-state index contributed by atoms with van der Waals surface area (Å²) in [6, 6.07) is 4.81. The normalized spacial score (nSPS) is 9.69. The summed E-state index contributed by atoms with van der Waals surface area (Å²) in [5.41, 5.74) is 0.795. The molecular formula is C11H12ClNO3. The van der Waals surface area contributed by atoms with E-state index in [-0.39, 0.29) is 17.6 Å². The summed E-state index contributed by atoms with van der Waals surface area (Å²) < 4.78 is 5.01. The van der Waals surface area contributed by atoms with Gasteiger partial charge in [0.1, 0.15) is 5.75 Å². The van der Waals surface area contributed by atoms with Crippen LogP contribution in [0.3, 0.4) is 0 Å². The predicted molar refractivity (Wildman–Crippen MR) is 62.3 cm³/mol. The summed E-state index contributed by atoms with van der Waals surface area (Å²) in [5, 5.41) is 2.56. The molecule has 1 rings (SSSR count). The van der Waals surface area contributed by atoms with Crippen LogP contribution in [0.25, 0.3) is 0 Å². The Morgan fingerprint density at radius 2 is 2.12 bits per heavy atom. The first-order valence-electron chi connectivity index (χ1n) is 4.63. The topological polar surface area (TPSA) is 55.4 Å². The average Bonchev–Trinajstić information content (AvgIpc) is 2.27. The molecule has 1 aromatic carbocycles. The minimum atomic E-state index is -0.253. The molecule has 1 N–H and O–H groups in total. The highest BCUT2D eigenvalue weighted by atomic mass is 35.5. The second-order valence-corrected chi connectivity index (χ2v) is 3.42. The van der Waals surface area contributed by atoms with E-state index in [0.29, 0.717) is 17.0 Å². The van der Waals surface area contributed by atoms with Gasteiger partial charge in [-0.2, -0.15) is 0 Å². The van der Waals surface area contributed by atoms with Gasteiger partial charge in [0.25, 0.3) is 0 Å². The van der Waals surface area contributed by atoms with Crippen molar-refractivity contribution < 1.29 is 14.3 Å². The first-order chi connectivity index (χ1) is 7.58. The highest BCUT2D eigenvalue weighted by molar-refractivity contribution is 6.31. The van der Waals surface area contributed by atoms with Crippen LogP contribution in [-0.2, 0) is 4.79 Å². The molecule has 0 heterocycles. The number of carbonyl (C=O) groups is 2. The van der Waals surface area contributed by atoms with Crippen molar-refractivity contribution in [3.05, 3.63) is 23.8 Å². The number of nitrogens with one attached hydrogen (secondary N) is 1. The number of hydrogen-bond donors (Lipinski definition) is 1. The molecule has 0 fully saturated rings. The van der Waals surface area contributed by atoms with Crippen LogP contribution in [0, 0.1) is 0 Å². The van der Waals surface area contributed by atoms with Crippen molar-refractivity contribution >= 4 is 29.0 Å². The van der Waals surface area contributed by atoms with Gasteiger partial charge in [0, 0.05) is 18.6 Å². The maximum absolute atomic E-state index is 11.5. The monoisotopic (exact) mass is 241 g/mol. The number of halogens is 1. The average molecular weight is 242 g/mol. The Labute approximate surface area is 98.5 Å². The molecule has 0 bridgehead atoms. The summed E-state index contributed by atoms with van der Waals surface area (Å²) in [6.45, 7) is 1.37. The minimum absolute atomic E-state index is 0.126. The van der Waals surface area contributed by atoms with Gasteiger partial charge >= 0.3 is 0 Å². The number of hydrogen-bond acceptors (Lipinski definition) is 3. The lowest BCUT2D eigenvalue weighted by Crippen LogP contribution is -2.11. The molecule has 0 saturated heterocycles. The van der Waals surface area contributed by atoms with Crippen molar-refractivity contribution in [2.75, 3.05) is 18.3 Å². The van der Waals surface area contributed by atoms with E-state index in [0.717, 1.165) is 0 Å². The second kappa shape index (κ2) is 5.51. The molecule has 0 unspecified atom stereocenters. The first kappa shape index (κ1) is 12.5. The molecule has 0 spiro atoms. The van der Waals surface area contributed by atoms with Crippen molar-refractivity contribution in [2.45, 2.75) is 6.92 Å². The van der Waals surface area contributed by atoms with Crippen molar-refractivity contribution in [3.63, 3.8) is 0 Å². The lowest BCUT2D eigenvalue weighted by atomic mass is 10.1. The highest BCUT2D eigenvalue weighted by Gasteiger charge is 2.12. The number of alkyl halides is 1. The Balaban J connectivity index is 3.15. The molecule has 16 heavy (non-hydrogen) atoms. The number of carbonyl (C=O) groups excluding carboxylic acids is 2. The summed E-state index contributed by atoms with van der Waals surface area (Å²) in [4.78, 5) is 22.5. The third-order valence-corrected chi connectivity index (χ3v) is 2.20. The van der Waals surface area contributed by atoms with Gasteiger partial charge in [-0.15, -0.1) is 11.6 Å². The molecule has 0 saturated carbocycles. The van der Waals surface area contributed by atoms with E-state index in [9.17, 15) is 9.59 Å². The number of ketones is 1. The molecule has 0 aliphatic rings. The Bertz CT molecular complexity index is 418. The van der Waals surface area contributed by atoms with Crippen LogP contribution in [0.5, 0.6) is 5.75 Å². The SMILES string of the molecule is COc1ccc(C(=O)CCl)c(NC(C)=O)c1. The van der Waals surface area contributed by atoms with Crippen molar-refractivity contribution in [2.24, 2.45) is 0 Å². The maximum Gasteiger partial charge on any atom is 0.221 e. The largest absolute Gasteiger partial charge is 0.497 e. The van der Waals surface area contributed by atoms with E-state index in [2.05, 4.69) is 5.32 Å². The zero-order chi connectivity index (χ0) is 12.1. The van der Waals surface area contributed by atoms with Gasteiger partial charge in [0.05, 0.1) is 18.7 Å². The molecule has 1 amide bonds. The second-order valence-electron chi connectivity index (χ2n) is 3.15. The summed E-state index contributed by atoms with van der Waals surface area (Å²) >= 11 is 5.48. The van der Waals surface area contributed by atoms with Gasteiger partial charge in [-0.05, 0) is 12.1 Å². The first-order valence-corrected chi connectivity index (χ1v) is 5.16. The number of benzene rings is 1. The summed E-state index contributed by atoms with van der Waals surface area (Å²) in [7, 11) is 1.51. The number of anilines is 1. The van der Waals surface area contributed by atoms with Crippen LogP contribution in [-0.4, -0.2) is 24.7 Å². The highest BCUT2D eigenvalue weighted by Crippen LogP contribution is 2.23. The Morgan fingerprint density at radius 3 is 2.62 bits per heavy atom. The lowest BCUT2D eigenvalue weighted by molar-refractivity contribution is -0.114. The summed E-state index contributed by atoms with van der Waals surface area (Å²) in [5.74, 6) is -0.0568. The number of amides is 1. The van der Waals surface area contributed by atoms with E-state index in [1.807, 2.05) is 0 Å². The van der Waals surface area contributed by atoms with Crippen LogP contribution in [0.1, 0.15) is 17.3 Å². The number of Topliss-reactive ketones (excluding diaryl/α,β-unsaturated/α-hetero) is 1. The third-order valence-electron chi connectivity index (χ3n) is 1.96. The van der Waals surface area contributed by atoms with Gasteiger partial charge in [0.2, 0.25) is 5.91 Å². The van der Waals surface area contributed by atoms with E-state index < -0.39 is 0 Å². The Kier molecular flexibility index (Phi) is 4.31. The Hall–Kier alpha value is -1.55. The van der Waals surface area contributed by atoms with Gasteiger partial charge in [-0.25, -0.2) is 0 Å². The van der Waals surface area contributed by atoms with Gasteiger partial charge in [-0.3, -0.25) is 9.59 Å². The smallest absolute Gasteiger partial charge is 0.221 e. The fraction of sp³-hybridized carbons (Fsp3) is 0.273. The number of methoxy groups -OCH3 is 1. The molecule has 0 radical (unpaired) electrons. The number of rotatable bonds is 4. The molecule has 0 aromatic heterocycles. The molecule has 0 aliphatic heterocycles. The van der Waals surface area contributed by atoms with Crippen LogP contribution in [0.15, 0.2) is 18.2 Å². The zero-order valence-corrected chi connectivity index (χ0v) is 9.80. The zero-order valence-electron chi connectivity index (χ0n) is 9.04. The van der Waals surface area contributed by atoms with E-state index in [4.69, 9.17) is 16.3 Å². The van der Waals surface area contributed by atoms with E-state index >= 15 is 0 Å². The molecule has 4 nitrogen and oxygen atoms in total. The van der Waals surface area contributed by atoms with Crippen molar-refractivity contribution in [1.82, 2.24) is 0 Å². The minimum Gasteiger partial charge on any atom is -0.497 e. The molecular weight excluding hydrogens is 230 g/mol. The third kappa shape index (κ3) is 2.97. The van der Waals surface area contributed by atoms with Crippen LogP contribution >= 0.6 is 11.6 Å². The van der Waals surface area contributed by atoms with E-state index in [1.54, 1.807) is 18.2 Å². The molecule has 1 aromatic rings. The van der Waals surface area contributed by atoms with Gasteiger partial charge in [0.15, 0.2) is 5.78 Å². The fourth-order valence-electron chi connectivity index (χ4n) is 1.26. The van der Waals surface area contributed by atoms with Crippen LogP contribution in [0.2, 0.25) is 0 Å². The molecule has 5 heteroatoms. The van der Waals surface area contributed by atoms with Gasteiger partial charge < -0.3 is 10.1 Å². The quantitative estimate of drug-likeness (QED) is 0.649. The maximum atomic E-state index is 11.5. The lowest BCUT2D eigenvalue weighted by Gasteiger charge is -2.09. The van der Waals surface area contributed by atoms with E-state index in [1.165, 1.54) is 14.0 Å². The fourth-order valence-corrected chi connectivity index (χ4v) is 1.40. The van der Waals surface area contributed by atoms with Crippen molar-refractivity contribution in [1.29, 1.82) is 0 Å². The standard InChI is InChI=1S/C11H12ClNO3/c1-7(14)13-10-5-8(16-2)3-4-9(10)11(15)6-12/h3-5H,6H2,1-2H3,(H,13,14). The molecule has 0 aliphatic carbocycles.